The fourth-order valence-electron chi connectivity index (χ4n) is 4.63. The number of ether oxygens (including phenoxy) is 1. The largest absolute Gasteiger partial charge is 0.373 e. The number of rotatable bonds is 5. The molecule has 1 aliphatic carbocycles. The lowest BCUT2D eigenvalue weighted by molar-refractivity contribution is -0.122. The molecule has 0 radical (unpaired) electrons. The van der Waals surface area contributed by atoms with Crippen LogP contribution >= 0.6 is 0 Å². The molecule has 0 spiro atoms. The molecule has 0 atom stereocenters. The fraction of sp³-hybridized carbons (Fsp3) is 0.810. The zero-order chi connectivity index (χ0) is 20.2. The summed E-state index contributed by atoms with van der Waals surface area (Å²) < 4.78 is 11.2. The van der Waals surface area contributed by atoms with Gasteiger partial charge in [-0.25, -0.2) is 0 Å². The van der Waals surface area contributed by atoms with Gasteiger partial charge in [0.25, 0.3) is 0 Å². The molecule has 2 aliphatic rings. The van der Waals surface area contributed by atoms with Gasteiger partial charge in [0, 0.05) is 44.3 Å². The zero-order valence-electron chi connectivity index (χ0n) is 18.2. The van der Waals surface area contributed by atoms with Crippen LogP contribution < -0.4 is 10.6 Å². The Hall–Kier alpha value is -1.60. The van der Waals surface area contributed by atoms with Crippen molar-refractivity contribution in [3.8, 4) is 0 Å². The fourth-order valence-corrected chi connectivity index (χ4v) is 4.63. The van der Waals surface area contributed by atoms with Crippen molar-refractivity contribution in [2.75, 3.05) is 33.3 Å². The highest BCUT2D eigenvalue weighted by Crippen LogP contribution is 2.36. The van der Waals surface area contributed by atoms with Gasteiger partial charge in [-0.15, -0.1) is 0 Å². The zero-order valence-corrected chi connectivity index (χ0v) is 18.2. The maximum absolute atomic E-state index is 5.97. The Kier molecular flexibility index (Phi) is 6.65. The van der Waals surface area contributed by atoms with Crippen molar-refractivity contribution in [1.29, 1.82) is 0 Å². The first-order chi connectivity index (χ1) is 13.4. The molecule has 28 heavy (non-hydrogen) atoms. The smallest absolute Gasteiger partial charge is 0.191 e. The number of nitrogens with zero attached hydrogens (tertiary/aromatic N) is 3. The molecule has 1 aliphatic heterocycles. The number of guanidine groups is 1. The van der Waals surface area contributed by atoms with E-state index in [4.69, 9.17) is 9.26 Å². The van der Waals surface area contributed by atoms with Crippen molar-refractivity contribution in [2.45, 2.75) is 77.5 Å². The summed E-state index contributed by atoms with van der Waals surface area (Å²) in [7, 11) is 1.83. The predicted molar refractivity (Wildman–Crippen MR) is 112 cm³/mol. The Bertz CT molecular complexity index is 657. The van der Waals surface area contributed by atoms with E-state index in [0.29, 0.717) is 6.54 Å². The molecular weight excluding hydrogens is 354 g/mol. The Morgan fingerprint density at radius 2 is 1.93 bits per heavy atom. The highest BCUT2D eigenvalue weighted by Gasteiger charge is 2.42. The maximum atomic E-state index is 5.97. The third-order valence-corrected chi connectivity index (χ3v) is 6.30. The topological polar surface area (TPSA) is 74.9 Å². The SMILES string of the molecule is CN=C(NCc1c(C)noc1C)NCC1(N2CCOC(C)(C)C2)CCCCC1. The monoisotopic (exact) mass is 391 g/mol. The van der Waals surface area contributed by atoms with Crippen LogP contribution in [0.25, 0.3) is 0 Å². The summed E-state index contributed by atoms with van der Waals surface area (Å²) in [5.74, 6) is 1.69. The van der Waals surface area contributed by atoms with E-state index in [1.54, 1.807) is 0 Å². The summed E-state index contributed by atoms with van der Waals surface area (Å²) in [4.78, 5) is 7.11. The second kappa shape index (κ2) is 8.82. The van der Waals surface area contributed by atoms with Gasteiger partial charge in [0.05, 0.1) is 17.9 Å². The first-order valence-electron chi connectivity index (χ1n) is 10.6. The second-order valence-corrected chi connectivity index (χ2v) is 8.90. The molecule has 0 aromatic carbocycles. The molecule has 3 rings (SSSR count). The van der Waals surface area contributed by atoms with Crippen LogP contribution in [-0.4, -0.2) is 60.4 Å². The van der Waals surface area contributed by atoms with Gasteiger partial charge < -0.3 is 19.9 Å². The van der Waals surface area contributed by atoms with Crippen LogP contribution in [0.15, 0.2) is 9.52 Å². The summed E-state index contributed by atoms with van der Waals surface area (Å²) >= 11 is 0. The molecule has 0 amide bonds. The van der Waals surface area contributed by atoms with Crippen molar-refractivity contribution < 1.29 is 9.26 Å². The van der Waals surface area contributed by atoms with Gasteiger partial charge in [-0.3, -0.25) is 9.89 Å². The predicted octanol–water partition coefficient (Wildman–Crippen LogP) is 2.77. The van der Waals surface area contributed by atoms with Crippen LogP contribution in [0.1, 0.15) is 63.0 Å². The normalized spacial score (nSPS) is 22.8. The van der Waals surface area contributed by atoms with Gasteiger partial charge in [-0.1, -0.05) is 24.4 Å². The molecule has 7 nitrogen and oxygen atoms in total. The Morgan fingerprint density at radius 3 is 2.54 bits per heavy atom. The highest BCUT2D eigenvalue weighted by molar-refractivity contribution is 5.79. The van der Waals surface area contributed by atoms with E-state index in [1.807, 2.05) is 20.9 Å². The Balaban J connectivity index is 1.64. The van der Waals surface area contributed by atoms with Crippen LogP contribution in [0, 0.1) is 13.8 Å². The summed E-state index contributed by atoms with van der Waals surface area (Å²) in [6, 6.07) is 0. The van der Waals surface area contributed by atoms with Crippen LogP contribution in [0.3, 0.4) is 0 Å². The van der Waals surface area contributed by atoms with E-state index in [1.165, 1.54) is 32.1 Å². The summed E-state index contributed by atoms with van der Waals surface area (Å²) in [6.45, 7) is 12.7. The van der Waals surface area contributed by atoms with E-state index < -0.39 is 0 Å². The molecule has 0 bridgehead atoms. The van der Waals surface area contributed by atoms with Crippen LogP contribution in [0.2, 0.25) is 0 Å². The summed E-state index contributed by atoms with van der Waals surface area (Å²) in [6.07, 6.45) is 6.40. The first kappa shape index (κ1) is 21.1. The van der Waals surface area contributed by atoms with Crippen molar-refractivity contribution >= 4 is 5.96 Å². The van der Waals surface area contributed by atoms with Crippen LogP contribution in [-0.2, 0) is 11.3 Å². The number of hydrogen-bond donors (Lipinski definition) is 2. The van der Waals surface area contributed by atoms with E-state index in [-0.39, 0.29) is 11.1 Å². The number of morpholine rings is 1. The standard InChI is InChI=1S/C21H37N5O2/c1-16-18(17(2)28-25-16)13-23-19(22-5)24-14-21(9-7-6-8-10-21)26-11-12-27-20(3,4)15-26/h6-15H2,1-5H3,(H2,22,23,24). The molecule has 0 unspecified atom stereocenters. The van der Waals surface area contributed by atoms with Gasteiger partial charge in [0.2, 0.25) is 0 Å². The number of hydrogen-bond acceptors (Lipinski definition) is 5. The molecule has 1 aromatic rings. The van der Waals surface area contributed by atoms with Gasteiger partial charge in [-0.05, 0) is 40.5 Å². The number of nitrogens with one attached hydrogen (secondary N) is 2. The van der Waals surface area contributed by atoms with Crippen LogP contribution in [0.5, 0.6) is 0 Å². The van der Waals surface area contributed by atoms with Crippen molar-refractivity contribution in [1.82, 2.24) is 20.7 Å². The minimum absolute atomic E-state index is 0.0774. The lowest BCUT2D eigenvalue weighted by Gasteiger charge is -2.51. The minimum Gasteiger partial charge on any atom is -0.373 e. The molecule has 2 N–H and O–H groups in total. The third kappa shape index (κ3) is 4.87. The van der Waals surface area contributed by atoms with Gasteiger partial charge in [0.1, 0.15) is 5.76 Å². The lowest BCUT2D eigenvalue weighted by atomic mass is 9.79. The number of aryl methyl sites for hydroxylation is 2. The van der Waals surface area contributed by atoms with E-state index in [9.17, 15) is 0 Å². The van der Waals surface area contributed by atoms with E-state index in [2.05, 4.69) is 39.5 Å². The molecular formula is C21H37N5O2. The second-order valence-electron chi connectivity index (χ2n) is 8.90. The molecule has 158 valence electrons. The molecule has 1 saturated heterocycles. The average molecular weight is 392 g/mol. The minimum atomic E-state index is -0.0774. The number of aliphatic imine (C=N–C) groups is 1. The van der Waals surface area contributed by atoms with Crippen molar-refractivity contribution in [2.24, 2.45) is 4.99 Å². The maximum Gasteiger partial charge on any atom is 0.191 e. The molecule has 2 heterocycles. The van der Waals surface area contributed by atoms with Crippen molar-refractivity contribution in [3.63, 3.8) is 0 Å². The van der Waals surface area contributed by atoms with E-state index >= 15 is 0 Å². The quantitative estimate of drug-likeness (QED) is 0.594. The molecule has 1 saturated carbocycles. The third-order valence-electron chi connectivity index (χ3n) is 6.30. The summed E-state index contributed by atoms with van der Waals surface area (Å²) in [5, 5.41) is 11.1. The van der Waals surface area contributed by atoms with Gasteiger partial charge >= 0.3 is 0 Å². The van der Waals surface area contributed by atoms with Crippen LogP contribution in [0.4, 0.5) is 0 Å². The lowest BCUT2D eigenvalue weighted by Crippen LogP contribution is -2.63. The average Bonchev–Trinajstić information content (AvgIpc) is 3.00. The highest BCUT2D eigenvalue weighted by atomic mass is 16.5. The van der Waals surface area contributed by atoms with Crippen molar-refractivity contribution in [3.05, 3.63) is 17.0 Å². The molecule has 2 fully saturated rings. The van der Waals surface area contributed by atoms with Gasteiger partial charge in [-0.2, -0.15) is 0 Å². The Labute approximate surface area is 169 Å². The van der Waals surface area contributed by atoms with Gasteiger partial charge in [0.15, 0.2) is 5.96 Å². The number of aromatic nitrogens is 1. The first-order valence-corrected chi connectivity index (χ1v) is 10.6. The summed E-state index contributed by atoms with van der Waals surface area (Å²) in [5.41, 5.74) is 2.14. The molecule has 7 heteroatoms. The molecule has 1 aromatic heterocycles. The Morgan fingerprint density at radius 1 is 1.18 bits per heavy atom. The van der Waals surface area contributed by atoms with E-state index in [0.717, 1.165) is 49.2 Å².